The molecule has 1 heterocycles. The minimum Gasteiger partial charge on any atom is -0.473 e. The first kappa shape index (κ1) is 25.2. The van der Waals surface area contributed by atoms with Crippen LogP contribution in [-0.2, 0) is 9.53 Å². The Morgan fingerprint density at radius 2 is 1.80 bits per heavy atom. The van der Waals surface area contributed by atoms with Gasteiger partial charge in [0.15, 0.2) is 5.82 Å². The van der Waals surface area contributed by atoms with Crippen LogP contribution in [-0.4, -0.2) is 67.8 Å². The van der Waals surface area contributed by atoms with Gasteiger partial charge in [0.1, 0.15) is 11.3 Å². The Kier molecular flexibility index (Phi) is 9.10. The van der Waals surface area contributed by atoms with E-state index in [-0.39, 0.29) is 17.9 Å². The van der Waals surface area contributed by atoms with Gasteiger partial charge in [-0.3, -0.25) is 10.1 Å². The molecule has 30 heavy (non-hydrogen) atoms. The van der Waals surface area contributed by atoms with Crippen LogP contribution in [0.5, 0.6) is 5.88 Å². The van der Waals surface area contributed by atoms with Crippen molar-refractivity contribution in [2.24, 2.45) is 0 Å². The van der Waals surface area contributed by atoms with Crippen LogP contribution in [0.1, 0.15) is 34.6 Å². The Morgan fingerprint density at radius 1 is 1.17 bits per heavy atom. The maximum absolute atomic E-state index is 12.3. The second kappa shape index (κ2) is 10.8. The van der Waals surface area contributed by atoms with E-state index in [2.05, 4.69) is 22.2 Å². The van der Waals surface area contributed by atoms with Crippen molar-refractivity contribution in [1.29, 1.82) is 0 Å². The minimum absolute atomic E-state index is 0.176. The number of amides is 2. The van der Waals surface area contributed by atoms with E-state index in [1.165, 1.54) is 6.08 Å². The van der Waals surface area contributed by atoms with Crippen LogP contribution in [0.25, 0.3) is 0 Å². The lowest BCUT2D eigenvalue weighted by molar-refractivity contribution is -0.111. The first-order valence-corrected chi connectivity index (χ1v) is 9.83. The average molecular weight is 422 g/mol. The number of ether oxygens (including phenoxy) is 2. The molecule has 0 spiro atoms. The van der Waals surface area contributed by atoms with E-state index >= 15 is 0 Å². The molecule has 1 aromatic heterocycles. The van der Waals surface area contributed by atoms with E-state index in [0.717, 1.165) is 6.54 Å². The standard InChI is InChI=1S/C21H35N5O4/c1-10-17(27)22-15-13-16(23-20(28)30-21(4,5)6)19(29-14(2)3)24-18(15)26(9)12-11-25(7)8/h10,13-14H,1,11-12H2,2-9H3,(H,22,27)(H,23,28). The fourth-order valence-electron chi connectivity index (χ4n) is 2.33. The number of carbonyl (C=O) groups is 2. The van der Waals surface area contributed by atoms with Gasteiger partial charge >= 0.3 is 6.09 Å². The molecule has 2 amide bonds. The van der Waals surface area contributed by atoms with Crippen LogP contribution >= 0.6 is 0 Å². The molecule has 0 aliphatic rings. The maximum Gasteiger partial charge on any atom is 0.412 e. The molecule has 2 N–H and O–H groups in total. The summed E-state index contributed by atoms with van der Waals surface area (Å²) in [5.41, 5.74) is 0.0494. The second-order valence-corrected chi connectivity index (χ2v) is 8.42. The average Bonchev–Trinajstić information content (AvgIpc) is 2.59. The molecule has 168 valence electrons. The van der Waals surface area contributed by atoms with Crippen molar-refractivity contribution in [3.63, 3.8) is 0 Å². The largest absolute Gasteiger partial charge is 0.473 e. The van der Waals surface area contributed by atoms with E-state index in [9.17, 15) is 9.59 Å². The number of likely N-dealkylation sites (N-methyl/N-ethyl adjacent to an activating group) is 2. The number of anilines is 3. The van der Waals surface area contributed by atoms with E-state index in [0.29, 0.717) is 23.7 Å². The smallest absolute Gasteiger partial charge is 0.412 e. The highest BCUT2D eigenvalue weighted by atomic mass is 16.6. The molecule has 1 rings (SSSR count). The molecule has 0 fully saturated rings. The van der Waals surface area contributed by atoms with Crippen LogP contribution < -0.4 is 20.3 Å². The summed E-state index contributed by atoms with van der Waals surface area (Å²) in [5, 5.41) is 5.42. The fraction of sp³-hybridized carbons (Fsp3) is 0.571. The molecule has 9 nitrogen and oxygen atoms in total. The number of nitrogens with zero attached hydrogens (tertiary/aromatic N) is 3. The highest BCUT2D eigenvalue weighted by Gasteiger charge is 2.22. The molecular weight excluding hydrogens is 386 g/mol. The third kappa shape index (κ3) is 8.69. The first-order valence-electron chi connectivity index (χ1n) is 9.83. The van der Waals surface area contributed by atoms with Gasteiger partial charge in [-0.1, -0.05) is 6.58 Å². The van der Waals surface area contributed by atoms with Crippen LogP contribution in [0.2, 0.25) is 0 Å². The molecule has 0 unspecified atom stereocenters. The molecule has 0 atom stereocenters. The van der Waals surface area contributed by atoms with Crippen molar-refractivity contribution in [1.82, 2.24) is 9.88 Å². The molecule has 0 aliphatic heterocycles. The number of hydrogen-bond donors (Lipinski definition) is 2. The van der Waals surface area contributed by atoms with Crippen molar-refractivity contribution >= 4 is 29.2 Å². The number of carbonyl (C=O) groups excluding carboxylic acids is 2. The molecule has 0 aliphatic carbocycles. The van der Waals surface area contributed by atoms with E-state index < -0.39 is 11.7 Å². The predicted octanol–water partition coefficient (Wildman–Crippen LogP) is 3.34. The lowest BCUT2D eigenvalue weighted by Crippen LogP contribution is -2.30. The monoisotopic (exact) mass is 421 g/mol. The number of rotatable bonds is 9. The van der Waals surface area contributed by atoms with Crippen molar-refractivity contribution in [2.75, 3.05) is 49.8 Å². The number of hydrogen-bond acceptors (Lipinski definition) is 7. The lowest BCUT2D eigenvalue weighted by atomic mass is 10.2. The molecule has 0 aromatic carbocycles. The number of aromatic nitrogens is 1. The van der Waals surface area contributed by atoms with E-state index in [1.54, 1.807) is 26.8 Å². The zero-order valence-electron chi connectivity index (χ0n) is 19.3. The lowest BCUT2D eigenvalue weighted by Gasteiger charge is -2.25. The SMILES string of the molecule is C=CC(=O)Nc1cc(NC(=O)OC(C)(C)C)c(OC(C)C)nc1N(C)CCN(C)C. The highest BCUT2D eigenvalue weighted by Crippen LogP contribution is 2.34. The topological polar surface area (TPSA) is 96.0 Å². The molecule has 9 heteroatoms. The van der Waals surface area contributed by atoms with Gasteiger partial charge in [0.2, 0.25) is 11.8 Å². The summed E-state index contributed by atoms with van der Waals surface area (Å²) in [6, 6.07) is 1.61. The Morgan fingerprint density at radius 3 is 2.30 bits per heavy atom. The van der Waals surface area contributed by atoms with E-state index in [1.807, 2.05) is 44.8 Å². The zero-order valence-corrected chi connectivity index (χ0v) is 19.3. The summed E-state index contributed by atoms with van der Waals surface area (Å²) >= 11 is 0. The number of nitrogens with one attached hydrogen (secondary N) is 2. The third-order valence-corrected chi connectivity index (χ3v) is 3.64. The van der Waals surface area contributed by atoms with Crippen LogP contribution in [0.4, 0.5) is 22.0 Å². The molecule has 1 aromatic rings. The summed E-state index contributed by atoms with van der Waals surface area (Å²) in [7, 11) is 5.82. The summed E-state index contributed by atoms with van der Waals surface area (Å²) < 4.78 is 11.2. The van der Waals surface area contributed by atoms with Gasteiger partial charge in [0.05, 0.1) is 11.8 Å². The zero-order chi connectivity index (χ0) is 23.1. The van der Waals surface area contributed by atoms with Crippen LogP contribution in [0.15, 0.2) is 18.7 Å². The van der Waals surface area contributed by atoms with Gasteiger partial charge < -0.3 is 24.6 Å². The minimum atomic E-state index is -0.664. The molecule has 0 saturated heterocycles. The molecular formula is C21H35N5O4. The highest BCUT2D eigenvalue weighted by molar-refractivity contribution is 6.02. The van der Waals surface area contributed by atoms with Crippen LogP contribution in [0.3, 0.4) is 0 Å². The van der Waals surface area contributed by atoms with Gasteiger partial charge in [-0.15, -0.1) is 0 Å². The van der Waals surface area contributed by atoms with E-state index in [4.69, 9.17) is 9.47 Å². The van der Waals surface area contributed by atoms with Crippen molar-refractivity contribution in [3.8, 4) is 5.88 Å². The van der Waals surface area contributed by atoms with Gasteiger partial charge in [-0.2, -0.15) is 4.98 Å². The van der Waals surface area contributed by atoms with Gasteiger partial charge in [-0.05, 0) is 60.9 Å². The quantitative estimate of drug-likeness (QED) is 0.590. The van der Waals surface area contributed by atoms with Gasteiger partial charge in [-0.25, -0.2) is 4.79 Å². The summed E-state index contributed by atoms with van der Waals surface area (Å²) in [4.78, 5) is 32.8. The Hall–Kier alpha value is -2.81. The summed E-state index contributed by atoms with van der Waals surface area (Å²) in [6.07, 6.45) is 0.348. The molecule has 0 bridgehead atoms. The Labute approximate surface area is 179 Å². The van der Waals surface area contributed by atoms with Gasteiger partial charge in [0, 0.05) is 20.1 Å². The number of pyridine rings is 1. The maximum atomic E-state index is 12.3. The van der Waals surface area contributed by atoms with Crippen molar-refractivity contribution in [2.45, 2.75) is 46.3 Å². The van der Waals surface area contributed by atoms with Crippen molar-refractivity contribution < 1.29 is 19.1 Å². The second-order valence-electron chi connectivity index (χ2n) is 8.42. The van der Waals surface area contributed by atoms with Crippen molar-refractivity contribution in [3.05, 3.63) is 18.7 Å². The third-order valence-electron chi connectivity index (χ3n) is 3.64. The Balaban J connectivity index is 3.40. The Bertz CT molecular complexity index is 756. The first-order chi connectivity index (χ1) is 13.8. The fourth-order valence-corrected chi connectivity index (χ4v) is 2.33. The van der Waals surface area contributed by atoms with Crippen LogP contribution in [0, 0.1) is 0 Å². The summed E-state index contributed by atoms with van der Waals surface area (Å²) in [6.45, 7) is 14.0. The summed E-state index contributed by atoms with van der Waals surface area (Å²) in [5.74, 6) is 0.358. The van der Waals surface area contributed by atoms with Gasteiger partial charge in [0.25, 0.3) is 0 Å². The predicted molar refractivity (Wildman–Crippen MR) is 121 cm³/mol. The molecule has 0 saturated carbocycles. The normalized spacial score (nSPS) is 11.3. The molecule has 0 radical (unpaired) electrons.